The van der Waals surface area contributed by atoms with Gasteiger partial charge in [-0.1, -0.05) is 24.6 Å². The van der Waals surface area contributed by atoms with E-state index in [2.05, 4.69) is 34.8 Å². The lowest BCUT2D eigenvalue weighted by molar-refractivity contribution is -0.140. The maximum absolute atomic E-state index is 11.4. The number of aliphatic imine (C=N–C) groups is 1. The molecule has 0 amide bonds. The quantitative estimate of drug-likeness (QED) is 0.730. The minimum atomic E-state index is -0.135. The van der Waals surface area contributed by atoms with E-state index in [1.54, 1.807) is 11.8 Å². The average molecular weight is 374 g/mol. The van der Waals surface area contributed by atoms with E-state index in [9.17, 15) is 4.79 Å². The van der Waals surface area contributed by atoms with Crippen LogP contribution in [0.5, 0.6) is 0 Å². The van der Waals surface area contributed by atoms with E-state index in [1.807, 2.05) is 0 Å². The Labute approximate surface area is 159 Å². The van der Waals surface area contributed by atoms with E-state index in [0.29, 0.717) is 18.5 Å². The summed E-state index contributed by atoms with van der Waals surface area (Å²) in [5, 5.41) is 3.46. The van der Waals surface area contributed by atoms with E-state index in [1.165, 1.54) is 60.6 Å². The fraction of sp³-hybridized carbons (Fsp3) is 0.600. The Morgan fingerprint density at radius 2 is 2.15 bits per heavy atom. The molecule has 26 heavy (non-hydrogen) atoms. The second-order valence-corrected chi connectivity index (χ2v) is 8.27. The monoisotopic (exact) mass is 373 g/mol. The second kappa shape index (κ2) is 7.14. The van der Waals surface area contributed by atoms with Gasteiger partial charge in [0.05, 0.1) is 24.9 Å². The van der Waals surface area contributed by atoms with Crippen molar-refractivity contribution in [2.24, 2.45) is 4.99 Å². The number of aryl methyl sites for hydroxylation is 1. The minimum absolute atomic E-state index is 0.135. The van der Waals surface area contributed by atoms with Gasteiger partial charge in [-0.05, 0) is 39.2 Å². The van der Waals surface area contributed by atoms with Gasteiger partial charge in [0.15, 0.2) is 5.17 Å². The van der Waals surface area contributed by atoms with E-state index in [4.69, 9.17) is 9.73 Å². The number of amidine groups is 1. The number of fused-ring (bicyclic) bond motifs is 3. The van der Waals surface area contributed by atoms with E-state index in [-0.39, 0.29) is 5.97 Å². The molecule has 3 heterocycles. The molecule has 0 spiro atoms. The zero-order valence-corrected chi connectivity index (χ0v) is 16.6. The van der Waals surface area contributed by atoms with Gasteiger partial charge in [-0.25, -0.2) is 0 Å². The van der Waals surface area contributed by atoms with E-state index in [0.717, 1.165) is 13.0 Å². The number of methoxy groups -OCH3 is 1. The highest BCUT2D eigenvalue weighted by Crippen LogP contribution is 2.45. The fourth-order valence-electron chi connectivity index (χ4n) is 4.50. The van der Waals surface area contributed by atoms with Crippen LogP contribution in [0, 0.1) is 13.8 Å². The van der Waals surface area contributed by atoms with Crippen molar-refractivity contribution in [3.63, 3.8) is 0 Å². The molecule has 1 fully saturated rings. The first-order valence-electron chi connectivity index (χ1n) is 9.58. The first-order valence-corrected chi connectivity index (χ1v) is 10.5. The summed E-state index contributed by atoms with van der Waals surface area (Å²) in [5.41, 5.74) is 5.15. The standard InChI is InChI=1S/C20H27N3O2S/c1-13-11-15(14(2)22(13)10-6-9-19(24)25-3)18-12-26-20-21-16-7-4-5-8-17(16)23(18)20/h11-12,16-17H,4-10H2,1-3H3/t16-,17+/m1/s1. The van der Waals surface area contributed by atoms with Gasteiger partial charge in [0, 0.05) is 35.3 Å². The summed E-state index contributed by atoms with van der Waals surface area (Å²) >= 11 is 1.77. The van der Waals surface area contributed by atoms with E-state index >= 15 is 0 Å². The van der Waals surface area contributed by atoms with Crippen molar-refractivity contribution in [3.8, 4) is 0 Å². The van der Waals surface area contributed by atoms with Crippen molar-refractivity contribution in [3.05, 3.63) is 28.4 Å². The summed E-state index contributed by atoms with van der Waals surface area (Å²) in [5.74, 6) is -0.135. The first-order chi connectivity index (χ1) is 12.6. The molecule has 1 saturated carbocycles. The largest absolute Gasteiger partial charge is 0.469 e. The molecule has 0 bridgehead atoms. The van der Waals surface area contributed by atoms with E-state index < -0.39 is 0 Å². The van der Waals surface area contributed by atoms with Crippen molar-refractivity contribution in [1.82, 2.24) is 9.47 Å². The van der Waals surface area contributed by atoms with Crippen molar-refractivity contribution in [1.29, 1.82) is 0 Å². The van der Waals surface area contributed by atoms with Crippen LogP contribution in [0.3, 0.4) is 0 Å². The summed E-state index contributed by atoms with van der Waals surface area (Å²) in [7, 11) is 1.45. The smallest absolute Gasteiger partial charge is 0.305 e. The predicted molar refractivity (Wildman–Crippen MR) is 106 cm³/mol. The van der Waals surface area contributed by atoms with Crippen LogP contribution in [0.15, 0.2) is 16.5 Å². The number of aromatic nitrogens is 1. The summed E-state index contributed by atoms with van der Waals surface area (Å²) in [6.45, 7) is 5.19. The number of thioether (sulfide) groups is 1. The second-order valence-electron chi connectivity index (χ2n) is 7.44. The Morgan fingerprint density at radius 1 is 1.35 bits per heavy atom. The van der Waals surface area contributed by atoms with Crippen LogP contribution in [0.1, 0.15) is 55.5 Å². The lowest BCUT2D eigenvalue weighted by Gasteiger charge is -2.32. The molecule has 0 N–H and O–H groups in total. The zero-order chi connectivity index (χ0) is 18.3. The van der Waals surface area contributed by atoms with Gasteiger partial charge < -0.3 is 14.2 Å². The SMILES string of the molecule is COC(=O)CCCn1c(C)cc(C2=CSC3=N[C@@H]4CCCC[C@@H]4N23)c1C. The Hall–Kier alpha value is -1.69. The van der Waals surface area contributed by atoms with Crippen molar-refractivity contribution in [2.45, 2.75) is 71.0 Å². The van der Waals surface area contributed by atoms with Gasteiger partial charge in [-0.15, -0.1) is 0 Å². The molecule has 1 aliphatic carbocycles. The number of carbonyl (C=O) groups is 1. The van der Waals surface area contributed by atoms with Crippen LogP contribution >= 0.6 is 11.8 Å². The van der Waals surface area contributed by atoms with Gasteiger partial charge in [-0.2, -0.15) is 0 Å². The number of ether oxygens (including phenoxy) is 1. The van der Waals surface area contributed by atoms with Crippen LogP contribution in [0.2, 0.25) is 0 Å². The number of nitrogens with zero attached hydrogens (tertiary/aromatic N) is 3. The minimum Gasteiger partial charge on any atom is -0.469 e. The molecule has 140 valence electrons. The Kier molecular flexibility index (Phi) is 4.86. The molecule has 2 aliphatic heterocycles. The Balaban J connectivity index is 1.54. The van der Waals surface area contributed by atoms with Crippen molar-refractivity contribution >= 4 is 28.6 Å². The molecular weight excluding hydrogens is 346 g/mol. The lowest BCUT2D eigenvalue weighted by Crippen LogP contribution is -2.38. The number of rotatable bonds is 5. The van der Waals surface area contributed by atoms with Gasteiger partial charge in [0.25, 0.3) is 0 Å². The maximum Gasteiger partial charge on any atom is 0.305 e. The van der Waals surface area contributed by atoms with Gasteiger partial charge in [0.2, 0.25) is 0 Å². The third kappa shape index (κ3) is 2.98. The number of carbonyl (C=O) groups excluding carboxylic acids is 1. The molecule has 0 saturated heterocycles. The number of hydrogen-bond acceptors (Lipinski definition) is 5. The average Bonchev–Trinajstić information content (AvgIpc) is 3.28. The first kappa shape index (κ1) is 17.7. The van der Waals surface area contributed by atoms with Crippen LogP contribution in [0.25, 0.3) is 5.70 Å². The van der Waals surface area contributed by atoms with Crippen LogP contribution < -0.4 is 0 Å². The van der Waals surface area contributed by atoms with Crippen LogP contribution in [-0.2, 0) is 16.1 Å². The Bertz CT molecular complexity index is 780. The van der Waals surface area contributed by atoms with Crippen molar-refractivity contribution < 1.29 is 9.53 Å². The van der Waals surface area contributed by atoms with Gasteiger partial charge >= 0.3 is 5.97 Å². The van der Waals surface area contributed by atoms with Crippen LogP contribution in [-0.4, -0.2) is 39.8 Å². The maximum atomic E-state index is 11.4. The normalized spacial score (nSPS) is 24.2. The third-order valence-corrected chi connectivity index (χ3v) is 6.74. The van der Waals surface area contributed by atoms with Crippen molar-refractivity contribution in [2.75, 3.05) is 7.11 Å². The summed E-state index contributed by atoms with van der Waals surface area (Å²) in [6, 6.07) is 3.32. The van der Waals surface area contributed by atoms with Gasteiger partial charge in [0.1, 0.15) is 0 Å². The molecule has 0 unspecified atom stereocenters. The third-order valence-electron chi connectivity index (χ3n) is 5.88. The number of esters is 1. The molecule has 4 rings (SSSR count). The highest BCUT2D eigenvalue weighted by molar-refractivity contribution is 8.16. The summed E-state index contributed by atoms with van der Waals surface area (Å²) in [6.07, 6.45) is 6.36. The molecule has 1 aromatic rings. The molecule has 6 heteroatoms. The topological polar surface area (TPSA) is 46.8 Å². The molecule has 0 aromatic carbocycles. The fourth-order valence-corrected chi connectivity index (χ4v) is 5.51. The molecule has 0 radical (unpaired) electrons. The summed E-state index contributed by atoms with van der Waals surface area (Å²) < 4.78 is 7.08. The molecule has 3 aliphatic rings. The highest BCUT2D eigenvalue weighted by Gasteiger charge is 2.42. The van der Waals surface area contributed by atoms with Crippen LogP contribution in [0.4, 0.5) is 0 Å². The van der Waals surface area contributed by atoms with Gasteiger partial charge in [-0.3, -0.25) is 9.79 Å². The molecule has 5 nitrogen and oxygen atoms in total. The number of hydrogen-bond donors (Lipinski definition) is 0. The lowest BCUT2D eigenvalue weighted by atomic mass is 9.90. The Morgan fingerprint density at radius 3 is 2.96 bits per heavy atom. The zero-order valence-electron chi connectivity index (χ0n) is 15.8. The molecule has 2 atom stereocenters. The highest BCUT2D eigenvalue weighted by atomic mass is 32.2. The predicted octanol–water partition coefficient (Wildman–Crippen LogP) is 4.09. The molecule has 1 aromatic heterocycles. The molecular formula is C20H27N3O2S. The summed E-state index contributed by atoms with van der Waals surface area (Å²) in [4.78, 5) is 18.9.